The van der Waals surface area contributed by atoms with Gasteiger partial charge in [-0.15, -0.1) is 0 Å². The fourth-order valence-corrected chi connectivity index (χ4v) is 2.70. The van der Waals surface area contributed by atoms with Crippen LogP contribution in [0.1, 0.15) is 23.0 Å². The lowest BCUT2D eigenvalue weighted by atomic mass is 10.2. The molecule has 0 aliphatic heterocycles. The Labute approximate surface area is 135 Å². The molecule has 0 aliphatic rings. The molecular formula is C19H20N2O2. The minimum Gasteiger partial charge on any atom is -0.494 e. The molecule has 2 aromatic carbocycles. The highest BCUT2D eigenvalue weighted by molar-refractivity contribution is 6.06. The van der Waals surface area contributed by atoms with Gasteiger partial charge in [-0.3, -0.25) is 4.79 Å². The zero-order chi connectivity index (χ0) is 16.4. The normalized spacial score (nSPS) is 10.7. The van der Waals surface area contributed by atoms with E-state index in [4.69, 9.17) is 4.74 Å². The molecule has 0 fully saturated rings. The first-order valence-corrected chi connectivity index (χ1v) is 7.69. The topological polar surface area (TPSA) is 43.3 Å². The summed E-state index contributed by atoms with van der Waals surface area (Å²) in [5, 5.41) is 3.97. The van der Waals surface area contributed by atoms with E-state index >= 15 is 0 Å². The van der Waals surface area contributed by atoms with Gasteiger partial charge in [0.2, 0.25) is 0 Å². The van der Waals surface area contributed by atoms with Crippen LogP contribution in [0.4, 0.5) is 5.69 Å². The molecule has 1 aromatic heterocycles. The average Bonchev–Trinajstić information content (AvgIpc) is 2.86. The van der Waals surface area contributed by atoms with E-state index in [0.29, 0.717) is 12.3 Å². The maximum atomic E-state index is 12.6. The van der Waals surface area contributed by atoms with Crippen LogP contribution in [0.2, 0.25) is 0 Å². The highest BCUT2D eigenvalue weighted by atomic mass is 16.5. The molecule has 1 amide bonds. The van der Waals surface area contributed by atoms with Crippen LogP contribution < -0.4 is 10.1 Å². The van der Waals surface area contributed by atoms with E-state index < -0.39 is 0 Å². The first kappa shape index (κ1) is 15.2. The van der Waals surface area contributed by atoms with Gasteiger partial charge in [-0.1, -0.05) is 18.2 Å². The SMILES string of the molecule is CCOc1ccc2c(c1)cc(C(=O)Nc1ccccc1C)n2C. The van der Waals surface area contributed by atoms with Gasteiger partial charge < -0.3 is 14.6 Å². The first-order valence-electron chi connectivity index (χ1n) is 7.69. The summed E-state index contributed by atoms with van der Waals surface area (Å²) >= 11 is 0. The third kappa shape index (κ3) is 2.93. The number of benzene rings is 2. The van der Waals surface area contributed by atoms with E-state index in [0.717, 1.165) is 27.9 Å². The number of aryl methyl sites for hydroxylation is 2. The van der Waals surface area contributed by atoms with Crippen molar-refractivity contribution in [3.63, 3.8) is 0 Å². The number of aromatic nitrogens is 1. The zero-order valence-electron chi connectivity index (χ0n) is 13.6. The highest BCUT2D eigenvalue weighted by Gasteiger charge is 2.14. The smallest absolute Gasteiger partial charge is 0.272 e. The highest BCUT2D eigenvalue weighted by Crippen LogP contribution is 2.25. The Hall–Kier alpha value is -2.75. The molecular weight excluding hydrogens is 288 g/mol. The van der Waals surface area contributed by atoms with Crippen LogP contribution in [0.3, 0.4) is 0 Å². The number of hydrogen-bond donors (Lipinski definition) is 1. The van der Waals surface area contributed by atoms with E-state index in [-0.39, 0.29) is 5.91 Å². The number of rotatable bonds is 4. The summed E-state index contributed by atoms with van der Waals surface area (Å²) in [4.78, 5) is 12.6. The number of hydrogen-bond acceptors (Lipinski definition) is 2. The van der Waals surface area contributed by atoms with Crippen LogP contribution in [-0.4, -0.2) is 17.1 Å². The molecule has 4 heteroatoms. The second-order valence-corrected chi connectivity index (χ2v) is 5.51. The Morgan fingerprint density at radius 2 is 1.96 bits per heavy atom. The van der Waals surface area contributed by atoms with Crippen LogP contribution in [-0.2, 0) is 7.05 Å². The predicted molar refractivity (Wildman–Crippen MR) is 93.2 cm³/mol. The standard InChI is InChI=1S/C19H20N2O2/c1-4-23-15-9-10-17-14(11-15)12-18(21(17)3)19(22)20-16-8-6-5-7-13(16)2/h5-12H,4H2,1-3H3,(H,20,22). The molecule has 3 rings (SSSR count). The van der Waals surface area contributed by atoms with Crippen molar-refractivity contribution >= 4 is 22.5 Å². The number of nitrogens with one attached hydrogen (secondary N) is 1. The number of para-hydroxylation sites is 1. The van der Waals surface area contributed by atoms with Gasteiger partial charge >= 0.3 is 0 Å². The summed E-state index contributed by atoms with van der Waals surface area (Å²) in [6, 6.07) is 15.5. The number of fused-ring (bicyclic) bond motifs is 1. The van der Waals surface area contributed by atoms with Crippen molar-refractivity contribution < 1.29 is 9.53 Å². The minimum atomic E-state index is -0.115. The second kappa shape index (κ2) is 6.16. The molecule has 118 valence electrons. The largest absolute Gasteiger partial charge is 0.494 e. The van der Waals surface area contributed by atoms with Crippen LogP contribution in [0, 0.1) is 6.92 Å². The third-order valence-electron chi connectivity index (χ3n) is 3.95. The van der Waals surface area contributed by atoms with Gasteiger partial charge in [0.1, 0.15) is 11.4 Å². The molecule has 0 saturated carbocycles. The van der Waals surface area contributed by atoms with E-state index in [1.54, 1.807) is 0 Å². The van der Waals surface area contributed by atoms with Crippen molar-refractivity contribution in [1.82, 2.24) is 4.57 Å². The summed E-state index contributed by atoms with van der Waals surface area (Å²) in [7, 11) is 1.90. The molecule has 0 unspecified atom stereocenters. The maximum Gasteiger partial charge on any atom is 0.272 e. The molecule has 23 heavy (non-hydrogen) atoms. The third-order valence-corrected chi connectivity index (χ3v) is 3.95. The Morgan fingerprint density at radius 1 is 1.17 bits per heavy atom. The summed E-state index contributed by atoms with van der Waals surface area (Å²) in [5.74, 6) is 0.701. The van der Waals surface area contributed by atoms with E-state index in [2.05, 4.69) is 5.32 Å². The number of carbonyl (C=O) groups excluding carboxylic acids is 1. The lowest BCUT2D eigenvalue weighted by Gasteiger charge is -2.09. The Balaban J connectivity index is 1.94. The van der Waals surface area contributed by atoms with Crippen LogP contribution in [0.5, 0.6) is 5.75 Å². The van der Waals surface area contributed by atoms with Gasteiger partial charge in [0.25, 0.3) is 5.91 Å². The van der Waals surface area contributed by atoms with E-state index in [9.17, 15) is 4.79 Å². The van der Waals surface area contributed by atoms with Gasteiger partial charge in [-0.05, 0) is 49.7 Å². The number of ether oxygens (including phenoxy) is 1. The number of anilines is 1. The lowest BCUT2D eigenvalue weighted by molar-refractivity contribution is 0.101. The van der Waals surface area contributed by atoms with Gasteiger partial charge in [-0.2, -0.15) is 0 Å². The van der Waals surface area contributed by atoms with Crippen molar-refractivity contribution in [2.24, 2.45) is 7.05 Å². The van der Waals surface area contributed by atoms with Crippen molar-refractivity contribution in [3.05, 3.63) is 59.8 Å². The summed E-state index contributed by atoms with van der Waals surface area (Å²) in [5.41, 5.74) is 3.50. The Morgan fingerprint density at radius 3 is 2.70 bits per heavy atom. The molecule has 4 nitrogen and oxygen atoms in total. The fraction of sp³-hybridized carbons (Fsp3) is 0.211. The average molecular weight is 308 g/mol. The fourth-order valence-electron chi connectivity index (χ4n) is 2.70. The molecule has 1 N–H and O–H groups in total. The van der Waals surface area contributed by atoms with Gasteiger partial charge in [-0.25, -0.2) is 0 Å². The molecule has 3 aromatic rings. The summed E-state index contributed by atoms with van der Waals surface area (Å²) in [6.07, 6.45) is 0. The van der Waals surface area contributed by atoms with Gasteiger partial charge in [0.05, 0.1) is 6.61 Å². The molecule has 0 saturated heterocycles. The van der Waals surface area contributed by atoms with Crippen molar-refractivity contribution in [3.8, 4) is 5.75 Å². The number of amides is 1. The van der Waals surface area contributed by atoms with Gasteiger partial charge in [0, 0.05) is 23.6 Å². The van der Waals surface area contributed by atoms with E-state index in [1.165, 1.54) is 0 Å². The number of carbonyl (C=O) groups is 1. The quantitative estimate of drug-likeness (QED) is 0.787. The Kier molecular flexibility index (Phi) is 4.06. The van der Waals surface area contributed by atoms with Crippen LogP contribution >= 0.6 is 0 Å². The van der Waals surface area contributed by atoms with Crippen molar-refractivity contribution in [2.45, 2.75) is 13.8 Å². The molecule has 0 aliphatic carbocycles. The Bertz CT molecular complexity index is 865. The van der Waals surface area contributed by atoms with E-state index in [1.807, 2.05) is 74.0 Å². The summed E-state index contributed by atoms with van der Waals surface area (Å²) < 4.78 is 7.43. The molecule has 0 bridgehead atoms. The molecule has 1 heterocycles. The molecule has 0 atom stereocenters. The minimum absolute atomic E-state index is 0.115. The van der Waals surface area contributed by atoms with Gasteiger partial charge in [0.15, 0.2) is 0 Å². The second-order valence-electron chi connectivity index (χ2n) is 5.51. The van der Waals surface area contributed by atoms with Crippen molar-refractivity contribution in [1.29, 1.82) is 0 Å². The van der Waals surface area contributed by atoms with Crippen molar-refractivity contribution in [2.75, 3.05) is 11.9 Å². The monoisotopic (exact) mass is 308 g/mol. The number of nitrogens with zero attached hydrogens (tertiary/aromatic N) is 1. The van der Waals surface area contributed by atoms with Crippen LogP contribution in [0.15, 0.2) is 48.5 Å². The van der Waals surface area contributed by atoms with Crippen LogP contribution in [0.25, 0.3) is 10.9 Å². The predicted octanol–water partition coefficient (Wildman–Crippen LogP) is 4.14. The lowest BCUT2D eigenvalue weighted by Crippen LogP contribution is -2.16. The molecule has 0 spiro atoms. The first-order chi connectivity index (χ1) is 11.1. The molecule has 0 radical (unpaired) electrons. The zero-order valence-corrected chi connectivity index (χ0v) is 13.6. The summed E-state index contributed by atoms with van der Waals surface area (Å²) in [6.45, 7) is 4.56. The maximum absolute atomic E-state index is 12.6.